The first-order valence-electron chi connectivity index (χ1n) is 9.65. The molecule has 2 atom stereocenters. The average molecular weight is 361 g/mol. The Morgan fingerprint density at radius 2 is 1.88 bits per heavy atom. The number of hydrogen-bond acceptors (Lipinski definition) is 3. The highest BCUT2D eigenvalue weighted by Crippen LogP contribution is 2.26. The molecule has 3 amide bonds. The molecule has 3 N–H and O–H groups in total. The lowest BCUT2D eigenvalue weighted by molar-refractivity contribution is -0.116. The lowest BCUT2D eigenvalue weighted by Crippen LogP contribution is -2.34. The van der Waals surface area contributed by atoms with Crippen molar-refractivity contribution in [2.45, 2.75) is 58.5 Å². The summed E-state index contributed by atoms with van der Waals surface area (Å²) in [6.07, 6.45) is 6.46. The number of hydrogen-bond donors (Lipinski definition) is 3. The van der Waals surface area contributed by atoms with Crippen molar-refractivity contribution in [1.29, 1.82) is 0 Å². The molecule has 144 valence electrons. The fraction of sp³-hybridized carbons (Fsp3) is 0.600. The number of anilines is 2. The molecule has 0 spiro atoms. The fourth-order valence-electron chi connectivity index (χ4n) is 3.21. The molecule has 1 saturated carbocycles. The summed E-state index contributed by atoms with van der Waals surface area (Å²) in [4.78, 5) is 23.6. The smallest absolute Gasteiger partial charge is 0.319 e. The summed E-state index contributed by atoms with van der Waals surface area (Å²) >= 11 is 0. The number of urea groups is 1. The molecule has 0 saturated heterocycles. The SMILES string of the molecule is CCCC(=O)Nc1cccc(NC(=O)NCCO[C@@H]2CCCC[C@@H]2C)c1. The van der Waals surface area contributed by atoms with Gasteiger partial charge in [-0.25, -0.2) is 4.79 Å². The molecule has 1 aromatic carbocycles. The molecule has 0 aliphatic heterocycles. The lowest BCUT2D eigenvalue weighted by atomic mass is 9.88. The minimum absolute atomic E-state index is 0.0248. The van der Waals surface area contributed by atoms with Crippen molar-refractivity contribution in [1.82, 2.24) is 5.32 Å². The monoisotopic (exact) mass is 361 g/mol. The Bertz CT molecular complexity index is 591. The van der Waals surface area contributed by atoms with E-state index in [1.165, 1.54) is 19.3 Å². The maximum atomic E-state index is 12.0. The lowest BCUT2D eigenvalue weighted by Gasteiger charge is -2.28. The second-order valence-corrected chi connectivity index (χ2v) is 6.93. The molecule has 0 bridgehead atoms. The molecule has 0 radical (unpaired) electrons. The van der Waals surface area contributed by atoms with Crippen molar-refractivity contribution in [3.8, 4) is 0 Å². The van der Waals surface area contributed by atoms with Crippen molar-refractivity contribution < 1.29 is 14.3 Å². The van der Waals surface area contributed by atoms with Crippen LogP contribution in [-0.2, 0) is 9.53 Å². The Morgan fingerprint density at radius 1 is 1.15 bits per heavy atom. The van der Waals surface area contributed by atoms with Crippen LogP contribution in [0.4, 0.5) is 16.2 Å². The summed E-state index contributed by atoms with van der Waals surface area (Å²) in [6.45, 7) is 5.19. The van der Waals surface area contributed by atoms with Crippen LogP contribution in [0.3, 0.4) is 0 Å². The van der Waals surface area contributed by atoms with Gasteiger partial charge in [0.2, 0.25) is 5.91 Å². The van der Waals surface area contributed by atoms with E-state index in [0.717, 1.165) is 12.8 Å². The number of nitrogens with one attached hydrogen (secondary N) is 3. The van der Waals surface area contributed by atoms with Crippen LogP contribution in [0, 0.1) is 5.92 Å². The largest absolute Gasteiger partial charge is 0.376 e. The van der Waals surface area contributed by atoms with Gasteiger partial charge in [0.25, 0.3) is 0 Å². The van der Waals surface area contributed by atoms with Gasteiger partial charge in [-0.15, -0.1) is 0 Å². The van der Waals surface area contributed by atoms with Gasteiger partial charge in [-0.2, -0.15) is 0 Å². The van der Waals surface area contributed by atoms with Crippen molar-refractivity contribution in [3.05, 3.63) is 24.3 Å². The molecule has 1 aromatic rings. The Morgan fingerprint density at radius 3 is 2.62 bits per heavy atom. The number of carbonyl (C=O) groups is 2. The predicted molar refractivity (Wildman–Crippen MR) is 104 cm³/mol. The van der Waals surface area contributed by atoms with Crippen LogP contribution in [0.5, 0.6) is 0 Å². The van der Waals surface area contributed by atoms with E-state index in [2.05, 4.69) is 22.9 Å². The Hall–Kier alpha value is -2.08. The molecule has 1 aliphatic rings. The summed E-state index contributed by atoms with van der Waals surface area (Å²) in [7, 11) is 0. The zero-order valence-corrected chi connectivity index (χ0v) is 15.8. The second kappa shape index (κ2) is 10.8. The van der Waals surface area contributed by atoms with Gasteiger partial charge in [0.05, 0.1) is 12.7 Å². The topological polar surface area (TPSA) is 79.5 Å². The van der Waals surface area contributed by atoms with E-state index in [0.29, 0.717) is 43.0 Å². The van der Waals surface area contributed by atoms with E-state index in [9.17, 15) is 9.59 Å². The first kappa shape index (κ1) is 20.2. The van der Waals surface area contributed by atoms with Gasteiger partial charge in [-0.05, 0) is 43.4 Å². The third kappa shape index (κ3) is 7.04. The molecule has 1 fully saturated rings. The predicted octanol–water partition coefficient (Wildman–Crippen LogP) is 4.14. The van der Waals surface area contributed by atoms with Crippen molar-refractivity contribution in [3.63, 3.8) is 0 Å². The van der Waals surface area contributed by atoms with Crippen LogP contribution in [0.2, 0.25) is 0 Å². The Kier molecular flexibility index (Phi) is 8.41. The van der Waals surface area contributed by atoms with Gasteiger partial charge in [0, 0.05) is 24.3 Å². The summed E-state index contributed by atoms with van der Waals surface area (Å²) < 4.78 is 5.89. The second-order valence-electron chi connectivity index (χ2n) is 6.93. The molecule has 6 nitrogen and oxygen atoms in total. The quantitative estimate of drug-likeness (QED) is 0.609. The molecule has 26 heavy (non-hydrogen) atoms. The molecular weight excluding hydrogens is 330 g/mol. The highest BCUT2D eigenvalue weighted by Gasteiger charge is 2.21. The van der Waals surface area contributed by atoms with E-state index < -0.39 is 0 Å². The normalized spacial score (nSPS) is 19.6. The summed E-state index contributed by atoms with van der Waals surface area (Å²) in [5.74, 6) is 0.575. The summed E-state index contributed by atoms with van der Waals surface area (Å²) in [5, 5.41) is 8.40. The van der Waals surface area contributed by atoms with Crippen molar-refractivity contribution >= 4 is 23.3 Å². The standard InChI is InChI=1S/C20H31N3O3/c1-3-7-19(24)22-16-9-6-10-17(14-16)23-20(25)21-12-13-26-18-11-5-4-8-15(18)2/h6,9-10,14-15,18H,3-5,7-8,11-13H2,1-2H3,(H,22,24)(H2,21,23,25)/t15-,18+/m0/s1. The van der Waals surface area contributed by atoms with Crippen LogP contribution in [-0.4, -0.2) is 31.2 Å². The Labute approximate surface area is 156 Å². The minimum Gasteiger partial charge on any atom is -0.376 e. The van der Waals surface area contributed by atoms with Crippen LogP contribution >= 0.6 is 0 Å². The molecule has 6 heteroatoms. The number of benzene rings is 1. The molecule has 0 heterocycles. The first-order chi connectivity index (χ1) is 12.6. The average Bonchev–Trinajstić information content (AvgIpc) is 2.60. The van der Waals surface area contributed by atoms with E-state index >= 15 is 0 Å². The summed E-state index contributed by atoms with van der Waals surface area (Å²) in [6, 6.07) is 6.85. The van der Waals surface area contributed by atoms with Gasteiger partial charge in [0.1, 0.15) is 0 Å². The maximum Gasteiger partial charge on any atom is 0.319 e. The molecule has 0 aromatic heterocycles. The van der Waals surface area contributed by atoms with Gasteiger partial charge >= 0.3 is 6.03 Å². The summed E-state index contributed by atoms with van der Waals surface area (Å²) in [5.41, 5.74) is 1.31. The zero-order valence-electron chi connectivity index (χ0n) is 15.8. The zero-order chi connectivity index (χ0) is 18.8. The first-order valence-corrected chi connectivity index (χ1v) is 9.65. The van der Waals surface area contributed by atoms with E-state index in [4.69, 9.17) is 4.74 Å². The molecule has 2 rings (SSSR count). The highest BCUT2D eigenvalue weighted by molar-refractivity contribution is 5.93. The highest BCUT2D eigenvalue weighted by atomic mass is 16.5. The van der Waals surface area contributed by atoms with E-state index in [1.54, 1.807) is 24.3 Å². The van der Waals surface area contributed by atoms with Crippen molar-refractivity contribution in [2.24, 2.45) is 5.92 Å². The molecule has 0 unspecified atom stereocenters. The van der Waals surface area contributed by atoms with Crippen LogP contribution in [0.15, 0.2) is 24.3 Å². The number of rotatable bonds is 8. The van der Waals surface area contributed by atoms with Crippen LogP contribution < -0.4 is 16.0 Å². The third-order valence-electron chi connectivity index (χ3n) is 4.63. The van der Waals surface area contributed by atoms with Gasteiger partial charge in [0.15, 0.2) is 0 Å². The number of ether oxygens (including phenoxy) is 1. The van der Waals surface area contributed by atoms with Crippen LogP contribution in [0.25, 0.3) is 0 Å². The van der Waals surface area contributed by atoms with Gasteiger partial charge in [-0.3, -0.25) is 4.79 Å². The molecule has 1 aliphatic carbocycles. The van der Waals surface area contributed by atoms with Gasteiger partial charge < -0.3 is 20.7 Å². The van der Waals surface area contributed by atoms with E-state index in [1.807, 2.05) is 6.92 Å². The third-order valence-corrected chi connectivity index (χ3v) is 4.63. The van der Waals surface area contributed by atoms with E-state index in [-0.39, 0.29) is 11.9 Å². The number of carbonyl (C=O) groups excluding carboxylic acids is 2. The molecular formula is C20H31N3O3. The fourth-order valence-corrected chi connectivity index (χ4v) is 3.21. The Balaban J connectivity index is 1.69. The van der Waals surface area contributed by atoms with Crippen molar-refractivity contribution in [2.75, 3.05) is 23.8 Å². The van der Waals surface area contributed by atoms with Gasteiger partial charge in [-0.1, -0.05) is 32.8 Å². The minimum atomic E-state index is -0.276. The number of amides is 3. The maximum absolute atomic E-state index is 12.0. The van der Waals surface area contributed by atoms with Crippen LogP contribution in [0.1, 0.15) is 52.4 Å².